The molecular weight excluding hydrogens is 318 g/mol. The molecule has 0 atom stereocenters. The van der Waals surface area contributed by atoms with Gasteiger partial charge in [-0.1, -0.05) is 30.3 Å². The predicted octanol–water partition coefficient (Wildman–Crippen LogP) is 0.368. The van der Waals surface area contributed by atoms with Gasteiger partial charge < -0.3 is 9.80 Å². The molecule has 1 aromatic carbocycles. The van der Waals surface area contributed by atoms with Gasteiger partial charge in [-0.25, -0.2) is 4.68 Å². The second-order valence-electron chi connectivity index (χ2n) is 7.23. The van der Waals surface area contributed by atoms with Crippen LogP contribution < -0.4 is 16.0 Å². The number of nitrogens with zero attached hydrogens (tertiary/aromatic N) is 5. The molecule has 1 aromatic heterocycles. The molecule has 2 aliphatic rings. The number of fused-ring (bicyclic) bond motifs is 1. The van der Waals surface area contributed by atoms with Crippen LogP contribution in [0.4, 0.5) is 5.95 Å². The van der Waals surface area contributed by atoms with Crippen LogP contribution in [0.1, 0.15) is 18.4 Å². The van der Waals surface area contributed by atoms with Gasteiger partial charge in [0.05, 0.1) is 18.6 Å². The Kier molecular flexibility index (Phi) is 3.76. The Hall–Kier alpha value is -2.41. The molecule has 25 heavy (non-hydrogen) atoms. The molecule has 4 rings (SSSR count). The molecule has 2 aromatic rings. The fourth-order valence-corrected chi connectivity index (χ4v) is 3.92. The van der Waals surface area contributed by atoms with Crippen molar-refractivity contribution in [3.8, 4) is 0 Å². The molecule has 7 nitrogen and oxygen atoms in total. The van der Waals surface area contributed by atoms with Crippen LogP contribution in [0.5, 0.6) is 0 Å². The van der Waals surface area contributed by atoms with E-state index in [1.54, 1.807) is 4.57 Å². The number of anilines is 1. The molecule has 7 heteroatoms. The van der Waals surface area contributed by atoms with E-state index in [2.05, 4.69) is 21.9 Å². The zero-order valence-electron chi connectivity index (χ0n) is 14.7. The third kappa shape index (κ3) is 2.59. The lowest BCUT2D eigenvalue weighted by Crippen LogP contribution is -2.52. The normalized spacial score (nSPS) is 19.4. The summed E-state index contributed by atoms with van der Waals surface area (Å²) in [5, 5.41) is 4.54. The summed E-state index contributed by atoms with van der Waals surface area (Å²) >= 11 is 0. The van der Waals surface area contributed by atoms with Gasteiger partial charge in [-0.05, 0) is 25.5 Å². The highest BCUT2D eigenvalue weighted by Crippen LogP contribution is 2.36. The van der Waals surface area contributed by atoms with Crippen molar-refractivity contribution in [2.75, 3.05) is 32.1 Å². The summed E-state index contributed by atoms with van der Waals surface area (Å²) in [4.78, 5) is 29.6. The molecule has 1 fully saturated rings. The first kappa shape index (κ1) is 16.1. The van der Waals surface area contributed by atoms with Crippen LogP contribution in [0.15, 0.2) is 39.9 Å². The van der Waals surface area contributed by atoms with Crippen LogP contribution in [0.25, 0.3) is 0 Å². The summed E-state index contributed by atoms with van der Waals surface area (Å²) in [5.74, 6) is 0.602. The number of piperidine rings is 1. The van der Waals surface area contributed by atoms with Crippen molar-refractivity contribution >= 4 is 5.95 Å². The number of likely N-dealkylation sites (tertiary alicyclic amines) is 1. The maximum absolute atomic E-state index is 12.7. The number of rotatable bonds is 2. The molecule has 1 saturated heterocycles. The molecular formula is C18H23N5O2. The summed E-state index contributed by atoms with van der Waals surface area (Å²) in [6.45, 7) is 2.84. The second-order valence-corrected chi connectivity index (χ2v) is 7.23. The highest BCUT2D eigenvalue weighted by molar-refractivity contribution is 5.39. The van der Waals surface area contributed by atoms with E-state index in [9.17, 15) is 9.59 Å². The quantitative estimate of drug-likeness (QED) is 0.739. The number of aromatic nitrogens is 3. The van der Waals surface area contributed by atoms with Gasteiger partial charge in [-0.15, -0.1) is 5.10 Å². The Morgan fingerprint density at radius 3 is 2.40 bits per heavy atom. The Bertz CT molecular complexity index is 894. The van der Waals surface area contributed by atoms with Crippen LogP contribution in [0, 0.1) is 0 Å². The summed E-state index contributed by atoms with van der Waals surface area (Å²) in [6.07, 6.45) is 1.94. The number of benzene rings is 1. The molecule has 0 aliphatic carbocycles. The Labute approximate surface area is 146 Å². The highest BCUT2D eigenvalue weighted by atomic mass is 16.2. The van der Waals surface area contributed by atoms with Crippen molar-refractivity contribution in [3.05, 3.63) is 56.6 Å². The maximum atomic E-state index is 12.7. The molecule has 3 heterocycles. The van der Waals surface area contributed by atoms with E-state index in [0.29, 0.717) is 19.0 Å². The van der Waals surface area contributed by atoms with E-state index >= 15 is 0 Å². The molecule has 0 bridgehead atoms. The molecule has 0 N–H and O–H groups in total. The second kappa shape index (κ2) is 5.84. The Balaban J connectivity index is 1.73. The highest BCUT2D eigenvalue weighted by Gasteiger charge is 2.45. The van der Waals surface area contributed by atoms with Crippen molar-refractivity contribution in [2.24, 2.45) is 0 Å². The van der Waals surface area contributed by atoms with Crippen LogP contribution >= 0.6 is 0 Å². The van der Waals surface area contributed by atoms with Crippen LogP contribution in [0.2, 0.25) is 0 Å². The monoisotopic (exact) mass is 341 g/mol. The van der Waals surface area contributed by atoms with E-state index in [0.717, 1.165) is 31.5 Å². The molecule has 1 spiro atoms. The van der Waals surface area contributed by atoms with Gasteiger partial charge in [0.1, 0.15) is 0 Å². The van der Waals surface area contributed by atoms with E-state index < -0.39 is 11.1 Å². The standard InChI is InChI=1S/C18H23N5O2/c1-20-10-8-18(9-11-20)13-22-15(24)16(25)23(19-17(22)21(18)2)12-14-6-4-3-5-7-14/h3-7H,8-13H2,1-2H3. The number of hydrogen-bond donors (Lipinski definition) is 0. The minimum absolute atomic E-state index is 0.107. The average molecular weight is 341 g/mol. The summed E-state index contributed by atoms with van der Waals surface area (Å²) in [7, 11) is 4.11. The van der Waals surface area contributed by atoms with Gasteiger partial charge in [0.15, 0.2) is 0 Å². The van der Waals surface area contributed by atoms with Gasteiger partial charge >= 0.3 is 11.1 Å². The van der Waals surface area contributed by atoms with Crippen molar-refractivity contribution in [2.45, 2.75) is 31.5 Å². The molecule has 0 unspecified atom stereocenters. The largest absolute Gasteiger partial charge is 0.336 e. The third-order valence-electron chi connectivity index (χ3n) is 5.67. The van der Waals surface area contributed by atoms with Gasteiger partial charge in [0, 0.05) is 20.1 Å². The maximum Gasteiger partial charge on any atom is 0.333 e. The van der Waals surface area contributed by atoms with E-state index in [1.807, 2.05) is 37.4 Å². The number of likely N-dealkylation sites (N-methyl/N-ethyl adjacent to an activating group) is 1. The molecule has 0 radical (unpaired) electrons. The lowest BCUT2D eigenvalue weighted by molar-refractivity contribution is 0.182. The van der Waals surface area contributed by atoms with Crippen LogP contribution in [-0.2, 0) is 13.1 Å². The first-order chi connectivity index (χ1) is 12.0. The van der Waals surface area contributed by atoms with Gasteiger partial charge in [0.2, 0.25) is 5.95 Å². The Morgan fingerprint density at radius 2 is 1.72 bits per heavy atom. The van der Waals surface area contributed by atoms with Crippen molar-refractivity contribution in [3.63, 3.8) is 0 Å². The molecule has 0 saturated carbocycles. The zero-order chi connectivity index (χ0) is 17.6. The Morgan fingerprint density at radius 1 is 1.04 bits per heavy atom. The van der Waals surface area contributed by atoms with Gasteiger partial charge in [0.25, 0.3) is 0 Å². The first-order valence-corrected chi connectivity index (χ1v) is 8.68. The SMILES string of the molecule is CN1CCC2(CC1)Cn1c(nn(Cc3ccccc3)c(=O)c1=O)N2C. The fraction of sp³-hybridized carbons (Fsp3) is 0.500. The average Bonchev–Trinajstić information content (AvgIpc) is 2.89. The minimum Gasteiger partial charge on any atom is -0.336 e. The fourth-order valence-electron chi connectivity index (χ4n) is 3.92. The third-order valence-corrected chi connectivity index (χ3v) is 5.67. The molecule has 2 aliphatic heterocycles. The van der Waals surface area contributed by atoms with Crippen LogP contribution in [0.3, 0.4) is 0 Å². The topological polar surface area (TPSA) is 63.4 Å². The minimum atomic E-state index is -0.550. The zero-order valence-corrected chi connectivity index (χ0v) is 14.7. The van der Waals surface area contributed by atoms with Crippen molar-refractivity contribution in [1.82, 2.24) is 19.2 Å². The smallest absolute Gasteiger partial charge is 0.333 e. The molecule has 132 valence electrons. The van der Waals surface area contributed by atoms with Crippen molar-refractivity contribution < 1.29 is 0 Å². The van der Waals surface area contributed by atoms with E-state index in [-0.39, 0.29) is 5.54 Å². The predicted molar refractivity (Wildman–Crippen MR) is 96.2 cm³/mol. The van der Waals surface area contributed by atoms with Gasteiger partial charge in [-0.2, -0.15) is 0 Å². The summed E-state index contributed by atoms with van der Waals surface area (Å²) < 4.78 is 2.86. The van der Waals surface area contributed by atoms with E-state index in [1.165, 1.54) is 4.68 Å². The lowest BCUT2D eigenvalue weighted by Gasteiger charge is -2.42. The van der Waals surface area contributed by atoms with Gasteiger partial charge in [-0.3, -0.25) is 14.2 Å². The summed E-state index contributed by atoms with van der Waals surface area (Å²) in [6, 6.07) is 9.62. The van der Waals surface area contributed by atoms with Crippen LogP contribution in [-0.4, -0.2) is 52.0 Å². The van der Waals surface area contributed by atoms with E-state index in [4.69, 9.17) is 0 Å². The lowest BCUT2D eigenvalue weighted by atomic mass is 9.87. The first-order valence-electron chi connectivity index (χ1n) is 8.68. The van der Waals surface area contributed by atoms with Crippen molar-refractivity contribution in [1.29, 1.82) is 0 Å². The summed E-state index contributed by atoms with van der Waals surface area (Å²) in [5.41, 5.74) is -0.171. The number of hydrogen-bond acceptors (Lipinski definition) is 5. The molecule has 0 amide bonds.